The summed E-state index contributed by atoms with van der Waals surface area (Å²) in [5, 5.41) is 3.16. The van der Waals surface area contributed by atoms with Gasteiger partial charge in [-0.15, -0.1) is 0 Å². The maximum atomic E-state index is 12.5. The Morgan fingerprint density at radius 3 is 2.42 bits per heavy atom. The van der Waals surface area contributed by atoms with Crippen molar-refractivity contribution in [3.63, 3.8) is 0 Å². The SMILES string of the molecule is CC(C)(C)OC(=O)[C@H](CNCC1CC1)NS(=O)(=O)c1ccccc1. The van der Waals surface area contributed by atoms with Crippen LogP contribution in [0.15, 0.2) is 35.2 Å². The van der Waals surface area contributed by atoms with Gasteiger partial charge >= 0.3 is 5.97 Å². The molecule has 0 amide bonds. The summed E-state index contributed by atoms with van der Waals surface area (Å²) < 4.78 is 32.8. The molecule has 0 bridgehead atoms. The molecule has 1 fully saturated rings. The summed E-state index contributed by atoms with van der Waals surface area (Å²) in [4.78, 5) is 12.5. The van der Waals surface area contributed by atoms with Gasteiger partial charge in [0.2, 0.25) is 10.0 Å². The van der Waals surface area contributed by atoms with Crippen LogP contribution in [0.1, 0.15) is 33.6 Å². The number of benzene rings is 1. The second kappa shape index (κ2) is 7.63. The van der Waals surface area contributed by atoms with E-state index < -0.39 is 27.6 Å². The molecule has 1 aromatic rings. The summed E-state index contributed by atoms with van der Waals surface area (Å²) in [6, 6.07) is 7.04. The van der Waals surface area contributed by atoms with Crippen molar-refractivity contribution in [3.8, 4) is 0 Å². The zero-order chi connectivity index (χ0) is 17.8. The van der Waals surface area contributed by atoms with Crippen LogP contribution in [0.25, 0.3) is 0 Å². The molecule has 1 atom stereocenters. The first kappa shape index (κ1) is 18.9. The molecule has 0 aliphatic heterocycles. The van der Waals surface area contributed by atoms with Crippen LogP contribution in [0.5, 0.6) is 0 Å². The Bertz CT molecular complexity index is 649. The van der Waals surface area contributed by atoms with Gasteiger partial charge in [-0.1, -0.05) is 18.2 Å². The van der Waals surface area contributed by atoms with Crippen LogP contribution in [0, 0.1) is 5.92 Å². The number of carbonyl (C=O) groups is 1. The molecule has 0 unspecified atom stereocenters. The van der Waals surface area contributed by atoms with E-state index in [2.05, 4.69) is 10.0 Å². The Morgan fingerprint density at radius 1 is 1.25 bits per heavy atom. The van der Waals surface area contributed by atoms with Gasteiger partial charge in [-0.25, -0.2) is 8.42 Å². The molecule has 24 heavy (non-hydrogen) atoms. The predicted molar refractivity (Wildman–Crippen MR) is 92.0 cm³/mol. The molecule has 0 radical (unpaired) electrons. The zero-order valence-corrected chi connectivity index (χ0v) is 15.2. The Morgan fingerprint density at radius 2 is 1.88 bits per heavy atom. The van der Waals surface area contributed by atoms with Crippen LogP contribution in [-0.2, 0) is 19.6 Å². The number of nitrogens with one attached hydrogen (secondary N) is 2. The quantitative estimate of drug-likeness (QED) is 0.694. The van der Waals surface area contributed by atoms with Crippen molar-refractivity contribution in [2.45, 2.75) is 50.2 Å². The minimum atomic E-state index is -3.79. The fourth-order valence-electron chi connectivity index (χ4n) is 2.15. The molecular weight excluding hydrogens is 328 g/mol. The summed E-state index contributed by atoms with van der Waals surface area (Å²) in [6.45, 7) is 6.26. The van der Waals surface area contributed by atoms with Crippen LogP contribution in [-0.4, -0.2) is 39.1 Å². The molecule has 1 aliphatic rings. The molecule has 1 aliphatic carbocycles. The first-order valence-corrected chi connectivity index (χ1v) is 9.67. The second-order valence-electron chi connectivity index (χ2n) is 7.12. The summed E-state index contributed by atoms with van der Waals surface area (Å²) in [7, 11) is -3.79. The largest absolute Gasteiger partial charge is 0.459 e. The first-order chi connectivity index (χ1) is 11.2. The molecular formula is C17H26N2O4S. The van der Waals surface area contributed by atoms with E-state index in [4.69, 9.17) is 4.74 Å². The third-order valence-electron chi connectivity index (χ3n) is 3.52. The number of hydrogen-bond acceptors (Lipinski definition) is 5. The lowest BCUT2D eigenvalue weighted by Gasteiger charge is -2.24. The van der Waals surface area contributed by atoms with Crippen LogP contribution in [0.4, 0.5) is 0 Å². The van der Waals surface area contributed by atoms with Crippen molar-refractivity contribution < 1.29 is 17.9 Å². The average Bonchev–Trinajstić information content (AvgIpc) is 3.29. The second-order valence-corrected chi connectivity index (χ2v) is 8.84. The normalized spacial score (nSPS) is 16.6. The first-order valence-electron chi connectivity index (χ1n) is 8.18. The van der Waals surface area contributed by atoms with Gasteiger partial charge in [-0.3, -0.25) is 4.79 Å². The highest BCUT2D eigenvalue weighted by molar-refractivity contribution is 7.89. The van der Waals surface area contributed by atoms with Gasteiger partial charge in [0.1, 0.15) is 11.6 Å². The molecule has 2 rings (SSSR count). The van der Waals surface area contributed by atoms with Crippen LogP contribution < -0.4 is 10.0 Å². The van der Waals surface area contributed by atoms with Crippen molar-refractivity contribution in [2.24, 2.45) is 5.92 Å². The molecule has 2 N–H and O–H groups in total. The van der Waals surface area contributed by atoms with Crippen molar-refractivity contribution >= 4 is 16.0 Å². The van der Waals surface area contributed by atoms with E-state index in [1.807, 2.05) is 0 Å². The number of esters is 1. The lowest BCUT2D eigenvalue weighted by atomic mass is 10.2. The molecule has 0 heterocycles. The molecule has 0 aromatic heterocycles. The standard InChI is InChI=1S/C17H26N2O4S/c1-17(2,3)23-16(20)15(12-18-11-13-9-10-13)19-24(21,22)14-7-5-4-6-8-14/h4-8,13,15,18-19H,9-12H2,1-3H3/t15-/m0/s1. The minimum Gasteiger partial charge on any atom is -0.459 e. The van der Waals surface area contributed by atoms with Crippen molar-refractivity contribution in [3.05, 3.63) is 30.3 Å². The van der Waals surface area contributed by atoms with E-state index in [1.54, 1.807) is 39.0 Å². The third-order valence-corrected chi connectivity index (χ3v) is 5.01. The van der Waals surface area contributed by atoms with Gasteiger partial charge < -0.3 is 10.1 Å². The summed E-state index contributed by atoms with van der Waals surface area (Å²) >= 11 is 0. The maximum Gasteiger partial charge on any atom is 0.326 e. The lowest BCUT2D eigenvalue weighted by molar-refractivity contribution is -0.156. The monoisotopic (exact) mass is 354 g/mol. The number of hydrogen-bond donors (Lipinski definition) is 2. The fraction of sp³-hybridized carbons (Fsp3) is 0.588. The van der Waals surface area contributed by atoms with Gasteiger partial charge in [-0.05, 0) is 58.2 Å². The maximum absolute atomic E-state index is 12.5. The molecule has 134 valence electrons. The van der Waals surface area contributed by atoms with Crippen LogP contribution in [0.2, 0.25) is 0 Å². The van der Waals surface area contributed by atoms with Gasteiger partial charge in [0, 0.05) is 6.54 Å². The molecule has 1 aromatic carbocycles. The summed E-state index contributed by atoms with van der Waals surface area (Å²) in [5.41, 5.74) is -0.677. The van der Waals surface area contributed by atoms with Gasteiger partial charge in [0.25, 0.3) is 0 Å². The summed E-state index contributed by atoms with van der Waals surface area (Å²) in [5.74, 6) is 0.0559. The van der Waals surface area contributed by atoms with E-state index in [1.165, 1.54) is 25.0 Å². The zero-order valence-electron chi connectivity index (χ0n) is 14.4. The third kappa shape index (κ3) is 6.22. The van der Waals surface area contributed by atoms with Crippen molar-refractivity contribution in [1.29, 1.82) is 0 Å². The van der Waals surface area contributed by atoms with E-state index in [-0.39, 0.29) is 11.4 Å². The van der Waals surface area contributed by atoms with Gasteiger partial charge in [0.05, 0.1) is 4.90 Å². The highest BCUT2D eigenvalue weighted by Crippen LogP contribution is 2.27. The Hall–Kier alpha value is -1.44. The number of sulfonamides is 1. The van der Waals surface area contributed by atoms with Crippen LogP contribution in [0.3, 0.4) is 0 Å². The topological polar surface area (TPSA) is 84.5 Å². The highest BCUT2D eigenvalue weighted by atomic mass is 32.2. The fourth-order valence-corrected chi connectivity index (χ4v) is 3.36. The van der Waals surface area contributed by atoms with E-state index in [0.29, 0.717) is 5.92 Å². The van der Waals surface area contributed by atoms with E-state index in [9.17, 15) is 13.2 Å². The molecule has 6 nitrogen and oxygen atoms in total. The van der Waals surface area contributed by atoms with Crippen molar-refractivity contribution in [2.75, 3.05) is 13.1 Å². The molecule has 7 heteroatoms. The Kier molecular flexibility index (Phi) is 6.01. The highest BCUT2D eigenvalue weighted by Gasteiger charge is 2.30. The summed E-state index contributed by atoms with van der Waals surface area (Å²) in [6.07, 6.45) is 2.36. The molecule has 1 saturated carbocycles. The number of ether oxygens (including phenoxy) is 1. The Labute approximate surface area is 144 Å². The van der Waals surface area contributed by atoms with Crippen LogP contribution >= 0.6 is 0 Å². The van der Waals surface area contributed by atoms with Gasteiger partial charge in [-0.2, -0.15) is 4.72 Å². The predicted octanol–water partition coefficient (Wildman–Crippen LogP) is 1.67. The molecule has 0 saturated heterocycles. The average molecular weight is 354 g/mol. The smallest absolute Gasteiger partial charge is 0.326 e. The van der Waals surface area contributed by atoms with Gasteiger partial charge in [0.15, 0.2) is 0 Å². The van der Waals surface area contributed by atoms with E-state index >= 15 is 0 Å². The number of rotatable bonds is 8. The minimum absolute atomic E-state index is 0.126. The number of carbonyl (C=O) groups excluding carboxylic acids is 1. The molecule has 0 spiro atoms. The van der Waals surface area contributed by atoms with Crippen molar-refractivity contribution in [1.82, 2.24) is 10.0 Å². The lowest BCUT2D eigenvalue weighted by Crippen LogP contribution is -2.49. The Balaban J connectivity index is 2.06. The van der Waals surface area contributed by atoms with E-state index in [0.717, 1.165) is 6.54 Å².